The lowest BCUT2D eigenvalue weighted by Gasteiger charge is -2.19. The van der Waals surface area contributed by atoms with Crippen LogP contribution in [-0.4, -0.2) is 44.0 Å². The lowest BCUT2D eigenvalue weighted by molar-refractivity contribution is 0.0519. The summed E-state index contributed by atoms with van der Waals surface area (Å²) in [6.07, 6.45) is 3.26. The summed E-state index contributed by atoms with van der Waals surface area (Å²) in [6.45, 7) is 7.96. The van der Waals surface area contributed by atoms with E-state index in [0.717, 1.165) is 31.4 Å². The second-order valence-electron chi connectivity index (χ2n) is 7.19. The third-order valence-corrected chi connectivity index (χ3v) is 3.47. The fraction of sp³-hybridized carbons (Fsp3) is 0.600. The maximum atomic E-state index is 11.4. The Morgan fingerprint density at radius 3 is 2.22 bits per heavy atom. The zero-order chi connectivity index (χ0) is 20.1. The molecule has 0 bridgehead atoms. The molecule has 0 saturated carbocycles. The molecule has 0 aliphatic heterocycles. The number of alkyl carbamates (subject to hydrolysis) is 1. The highest BCUT2D eigenvalue weighted by Crippen LogP contribution is 2.12. The number of benzene rings is 1. The molecule has 0 aliphatic rings. The van der Waals surface area contributed by atoms with Crippen molar-refractivity contribution >= 4 is 12.0 Å². The highest BCUT2D eigenvalue weighted by Gasteiger charge is 2.15. The molecule has 2 amide bonds. The number of rotatable bonds is 12. The van der Waals surface area contributed by atoms with Crippen LogP contribution >= 0.6 is 0 Å². The standard InChI is InChI=1S/C20H32N2O5/c1-20(2,3)27-19(24)22-12-7-14-25-13-5-4-6-15-26-17-10-8-16(9-11-17)18(21)23/h8-11H,4-7,12-15H2,1-3H3,(H2,21,23)(H,22,24). The van der Waals surface area contributed by atoms with Gasteiger partial charge in [-0.15, -0.1) is 0 Å². The van der Waals surface area contributed by atoms with Crippen molar-refractivity contribution in [2.24, 2.45) is 5.73 Å². The Balaban J connectivity index is 1.92. The van der Waals surface area contributed by atoms with Gasteiger partial charge in [0.05, 0.1) is 6.61 Å². The molecule has 0 saturated heterocycles. The Hall–Kier alpha value is -2.28. The number of carbonyl (C=O) groups excluding carboxylic acids is 2. The van der Waals surface area contributed by atoms with Crippen LogP contribution in [0.3, 0.4) is 0 Å². The van der Waals surface area contributed by atoms with Crippen LogP contribution < -0.4 is 15.8 Å². The smallest absolute Gasteiger partial charge is 0.407 e. The Bertz CT molecular complexity index is 567. The summed E-state index contributed by atoms with van der Waals surface area (Å²) >= 11 is 0. The molecule has 3 N–H and O–H groups in total. The number of primary amides is 1. The molecule has 0 atom stereocenters. The zero-order valence-corrected chi connectivity index (χ0v) is 16.6. The van der Waals surface area contributed by atoms with Gasteiger partial charge in [0, 0.05) is 25.3 Å². The number of nitrogens with two attached hydrogens (primary N) is 1. The van der Waals surface area contributed by atoms with Crippen molar-refractivity contribution in [2.45, 2.75) is 52.1 Å². The molecule has 0 fully saturated rings. The van der Waals surface area contributed by atoms with E-state index in [1.807, 2.05) is 20.8 Å². The summed E-state index contributed by atoms with van der Waals surface area (Å²) in [6, 6.07) is 6.80. The Kier molecular flexibility index (Phi) is 10.3. The second-order valence-corrected chi connectivity index (χ2v) is 7.19. The van der Waals surface area contributed by atoms with Gasteiger partial charge in [-0.2, -0.15) is 0 Å². The van der Waals surface area contributed by atoms with Crippen molar-refractivity contribution in [3.8, 4) is 5.75 Å². The third kappa shape index (κ3) is 11.9. The van der Waals surface area contributed by atoms with Crippen LogP contribution in [0.5, 0.6) is 5.75 Å². The van der Waals surface area contributed by atoms with Gasteiger partial charge >= 0.3 is 6.09 Å². The summed E-state index contributed by atoms with van der Waals surface area (Å²) in [5, 5.41) is 2.70. The first-order valence-electron chi connectivity index (χ1n) is 9.35. The van der Waals surface area contributed by atoms with Crippen LogP contribution in [0.15, 0.2) is 24.3 Å². The first-order chi connectivity index (χ1) is 12.8. The molecular weight excluding hydrogens is 348 g/mol. The quantitative estimate of drug-likeness (QED) is 0.542. The van der Waals surface area contributed by atoms with Crippen molar-refractivity contribution in [2.75, 3.05) is 26.4 Å². The first kappa shape index (κ1) is 22.8. The normalized spacial score (nSPS) is 11.1. The van der Waals surface area contributed by atoms with Gasteiger partial charge in [0.1, 0.15) is 11.4 Å². The van der Waals surface area contributed by atoms with E-state index in [1.54, 1.807) is 24.3 Å². The van der Waals surface area contributed by atoms with Crippen LogP contribution in [0.4, 0.5) is 4.79 Å². The fourth-order valence-electron chi connectivity index (χ4n) is 2.17. The molecule has 1 aromatic carbocycles. The topological polar surface area (TPSA) is 99.9 Å². The zero-order valence-electron chi connectivity index (χ0n) is 16.6. The fourth-order valence-corrected chi connectivity index (χ4v) is 2.17. The molecule has 0 heterocycles. The third-order valence-electron chi connectivity index (χ3n) is 3.47. The van der Waals surface area contributed by atoms with Crippen molar-refractivity contribution in [1.82, 2.24) is 5.32 Å². The summed E-state index contributed by atoms with van der Waals surface area (Å²) in [5.41, 5.74) is 5.19. The number of nitrogens with one attached hydrogen (secondary N) is 1. The van der Waals surface area contributed by atoms with E-state index in [-0.39, 0.29) is 0 Å². The molecule has 0 unspecified atom stereocenters. The summed E-state index contributed by atoms with van der Waals surface area (Å²) in [7, 11) is 0. The number of unbranched alkanes of at least 4 members (excludes halogenated alkanes) is 2. The molecule has 0 radical (unpaired) electrons. The van der Waals surface area contributed by atoms with Crippen LogP contribution in [0.1, 0.15) is 56.8 Å². The summed E-state index contributed by atoms with van der Waals surface area (Å²) in [4.78, 5) is 22.4. The van der Waals surface area contributed by atoms with Crippen molar-refractivity contribution in [1.29, 1.82) is 0 Å². The van der Waals surface area contributed by atoms with Crippen molar-refractivity contribution < 1.29 is 23.8 Å². The molecule has 27 heavy (non-hydrogen) atoms. The average Bonchev–Trinajstić information content (AvgIpc) is 2.58. The number of ether oxygens (including phenoxy) is 3. The maximum absolute atomic E-state index is 11.4. The molecule has 0 aromatic heterocycles. The number of hydrogen-bond acceptors (Lipinski definition) is 5. The van der Waals surface area contributed by atoms with Crippen LogP contribution in [0.25, 0.3) is 0 Å². The Morgan fingerprint density at radius 2 is 1.59 bits per heavy atom. The van der Waals surface area contributed by atoms with E-state index in [2.05, 4.69) is 5.32 Å². The SMILES string of the molecule is CC(C)(C)OC(=O)NCCCOCCCCCOc1ccc(C(N)=O)cc1. The minimum atomic E-state index is -0.475. The minimum absolute atomic E-state index is 0.397. The van der Waals surface area contributed by atoms with Gasteiger partial charge < -0.3 is 25.3 Å². The van der Waals surface area contributed by atoms with Gasteiger partial charge in [-0.1, -0.05) is 0 Å². The van der Waals surface area contributed by atoms with E-state index >= 15 is 0 Å². The van der Waals surface area contributed by atoms with Gasteiger partial charge in [-0.3, -0.25) is 4.79 Å². The lowest BCUT2D eigenvalue weighted by atomic mass is 10.2. The van der Waals surface area contributed by atoms with Crippen LogP contribution in [-0.2, 0) is 9.47 Å². The largest absolute Gasteiger partial charge is 0.494 e. The Morgan fingerprint density at radius 1 is 0.963 bits per heavy atom. The van der Waals surface area contributed by atoms with E-state index in [1.165, 1.54) is 0 Å². The Labute approximate surface area is 161 Å². The highest BCUT2D eigenvalue weighted by molar-refractivity contribution is 5.92. The highest BCUT2D eigenvalue weighted by atomic mass is 16.6. The molecule has 1 aromatic rings. The summed E-state index contributed by atoms with van der Waals surface area (Å²) in [5.74, 6) is 0.288. The van der Waals surface area contributed by atoms with Crippen molar-refractivity contribution in [3.63, 3.8) is 0 Å². The lowest BCUT2D eigenvalue weighted by Crippen LogP contribution is -2.33. The van der Waals surface area contributed by atoms with Gasteiger partial charge in [0.15, 0.2) is 0 Å². The molecule has 1 rings (SSSR count). The van der Waals surface area contributed by atoms with E-state index in [0.29, 0.717) is 31.9 Å². The van der Waals surface area contributed by atoms with Crippen LogP contribution in [0, 0.1) is 0 Å². The first-order valence-corrected chi connectivity index (χ1v) is 9.35. The van der Waals surface area contributed by atoms with Gasteiger partial charge in [0.25, 0.3) is 0 Å². The van der Waals surface area contributed by atoms with E-state index < -0.39 is 17.6 Å². The molecule has 7 nitrogen and oxygen atoms in total. The predicted octanol–water partition coefficient (Wildman–Crippen LogP) is 3.27. The second kappa shape index (κ2) is 12.2. The number of amides is 2. The van der Waals surface area contributed by atoms with Crippen molar-refractivity contribution in [3.05, 3.63) is 29.8 Å². The van der Waals surface area contributed by atoms with E-state index in [9.17, 15) is 9.59 Å². The minimum Gasteiger partial charge on any atom is -0.494 e. The molecule has 0 aliphatic carbocycles. The van der Waals surface area contributed by atoms with Gasteiger partial charge in [-0.05, 0) is 70.7 Å². The van der Waals surface area contributed by atoms with Gasteiger partial charge in [0.2, 0.25) is 5.91 Å². The number of carbonyl (C=O) groups is 2. The van der Waals surface area contributed by atoms with Crippen LogP contribution in [0.2, 0.25) is 0 Å². The van der Waals surface area contributed by atoms with E-state index in [4.69, 9.17) is 19.9 Å². The van der Waals surface area contributed by atoms with Gasteiger partial charge in [-0.25, -0.2) is 4.79 Å². The molecule has 0 spiro atoms. The molecular formula is C20H32N2O5. The monoisotopic (exact) mass is 380 g/mol. The average molecular weight is 380 g/mol. The maximum Gasteiger partial charge on any atom is 0.407 e. The summed E-state index contributed by atoms with van der Waals surface area (Å²) < 4.78 is 16.3. The predicted molar refractivity (Wildman–Crippen MR) is 104 cm³/mol. The number of hydrogen-bond donors (Lipinski definition) is 2. The molecule has 152 valence electrons. The molecule has 7 heteroatoms.